The highest BCUT2D eigenvalue weighted by Gasteiger charge is 2.38. The second-order valence-electron chi connectivity index (χ2n) is 11.4. The summed E-state index contributed by atoms with van der Waals surface area (Å²) in [5, 5.41) is 7.01. The first-order valence-corrected chi connectivity index (χ1v) is 13.8. The van der Waals surface area contributed by atoms with Crippen molar-refractivity contribution in [3.8, 4) is 0 Å². The third-order valence-electron chi connectivity index (χ3n) is 8.03. The summed E-state index contributed by atoms with van der Waals surface area (Å²) in [6.45, 7) is 5.00. The van der Waals surface area contributed by atoms with E-state index >= 15 is 4.39 Å². The molecule has 1 aliphatic heterocycles. The van der Waals surface area contributed by atoms with Crippen LogP contribution in [0.4, 0.5) is 23.2 Å². The SMILES string of the molecule is C=C(c1nc(/C=C/CNC(=O)C2CC2)cc2c(N[C@@H]3CCN(C)C[C@@H](CC4CC4)[C@@H]3F)cccc12)C(F)(F)F. The van der Waals surface area contributed by atoms with E-state index in [0.717, 1.165) is 38.6 Å². The Kier molecular flexibility index (Phi) is 7.99. The first kappa shape index (κ1) is 27.6. The zero-order chi connectivity index (χ0) is 27.7. The summed E-state index contributed by atoms with van der Waals surface area (Å²) in [6, 6.07) is 6.29. The number of hydrogen-bond acceptors (Lipinski definition) is 4. The summed E-state index contributed by atoms with van der Waals surface area (Å²) >= 11 is 0. The first-order valence-electron chi connectivity index (χ1n) is 13.8. The summed E-state index contributed by atoms with van der Waals surface area (Å²) in [4.78, 5) is 18.4. The highest BCUT2D eigenvalue weighted by Crippen LogP contribution is 2.40. The van der Waals surface area contributed by atoms with Crippen LogP contribution >= 0.6 is 0 Å². The number of aromatic nitrogens is 1. The van der Waals surface area contributed by atoms with Crippen LogP contribution in [-0.4, -0.2) is 60.9 Å². The molecule has 9 heteroatoms. The van der Waals surface area contributed by atoms with Gasteiger partial charge < -0.3 is 15.5 Å². The second-order valence-corrected chi connectivity index (χ2v) is 11.4. The zero-order valence-corrected chi connectivity index (χ0v) is 22.2. The Morgan fingerprint density at radius 2 is 1.95 bits per heavy atom. The van der Waals surface area contributed by atoms with Crippen molar-refractivity contribution in [2.75, 3.05) is 32.0 Å². The average Bonchev–Trinajstić information content (AvgIpc) is 3.80. The van der Waals surface area contributed by atoms with Crippen molar-refractivity contribution < 1.29 is 22.4 Å². The van der Waals surface area contributed by atoms with Crippen molar-refractivity contribution in [3.63, 3.8) is 0 Å². The number of likely N-dealkylation sites (tertiary alicyclic amines) is 1. The van der Waals surface area contributed by atoms with E-state index in [1.807, 2.05) is 7.05 Å². The number of amides is 1. The van der Waals surface area contributed by atoms with Crippen LogP contribution in [-0.2, 0) is 4.79 Å². The fourth-order valence-corrected chi connectivity index (χ4v) is 5.48. The Morgan fingerprint density at radius 1 is 1.18 bits per heavy atom. The maximum absolute atomic E-state index is 15.9. The number of benzene rings is 1. The van der Waals surface area contributed by atoms with Crippen LogP contribution in [0, 0.1) is 17.8 Å². The molecule has 210 valence electrons. The minimum atomic E-state index is -4.66. The van der Waals surface area contributed by atoms with Gasteiger partial charge in [-0.15, -0.1) is 0 Å². The number of anilines is 1. The molecule has 5 rings (SSSR count). The van der Waals surface area contributed by atoms with Crippen LogP contribution in [0.5, 0.6) is 0 Å². The van der Waals surface area contributed by atoms with E-state index in [4.69, 9.17) is 0 Å². The van der Waals surface area contributed by atoms with Gasteiger partial charge >= 0.3 is 6.18 Å². The van der Waals surface area contributed by atoms with Gasteiger partial charge in [0, 0.05) is 41.4 Å². The number of hydrogen-bond donors (Lipinski definition) is 2. The molecule has 0 radical (unpaired) electrons. The van der Waals surface area contributed by atoms with Gasteiger partial charge in [-0.2, -0.15) is 13.2 Å². The first-order chi connectivity index (χ1) is 18.6. The molecule has 2 N–H and O–H groups in total. The van der Waals surface area contributed by atoms with Gasteiger partial charge in [0.15, 0.2) is 0 Å². The second kappa shape index (κ2) is 11.3. The minimum absolute atomic E-state index is 0.0152. The fraction of sp³-hybridized carbons (Fsp3) is 0.533. The molecule has 2 saturated carbocycles. The van der Waals surface area contributed by atoms with Crippen LogP contribution in [0.3, 0.4) is 0 Å². The van der Waals surface area contributed by atoms with E-state index in [9.17, 15) is 18.0 Å². The number of carbonyl (C=O) groups excluding carboxylic acids is 1. The average molecular weight is 545 g/mol. The van der Waals surface area contributed by atoms with E-state index < -0.39 is 24.0 Å². The van der Waals surface area contributed by atoms with Crippen LogP contribution in [0.25, 0.3) is 22.4 Å². The molecule has 1 amide bonds. The number of pyridine rings is 1. The lowest BCUT2D eigenvalue weighted by Gasteiger charge is -2.27. The Labute approximate surface area is 226 Å². The molecule has 3 atom stereocenters. The molecule has 0 unspecified atom stereocenters. The van der Waals surface area contributed by atoms with Crippen molar-refractivity contribution in [2.24, 2.45) is 17.8 Å². The normalized spacial score (nSPS) is 24.6. The van der Waals surface area contributed by atoms with Crippen LogP contribution < -0.4 is 10.6 Å². The number of halogens is 4. The topological polar surface area (TPSA) is 57.3 Å². The Morgan fingerprint density at radius 3 is 2.64 bits per heavy atom. The van der Waals surface area contributed by atoms with E-state index in [-0.39, 0.29) is 30.0 Å². The van der Waals surface area contributed by atoms with Crippen LogP contribution in [0.2, 0.25) is 0 Å². The number of carbonyl (C=O) groups is 1. The lowest BCUT2D eigenvalue weighted by atomic mass is 9.91. The summed E-state index contributed by atoms with van der Waals surface area (Å²) in [5.74, 6) is 0.575. The Bertz CT molecular complexity index is 1250. The maximum atomic E-state index is 15.9. The minimum Gasteiger partial charge on any atom is -0.379 e. The van der Waals surface area contributed by atoms with Gasteiger partial charge in [0.2, 0.25) is 5.91 Å². The molecular weight excluding hydrogens is 508 g/mol. The van der Waals surface area contributed by atoms with E-state index in [0.29, 0.717) is 41.0 Å². The molecule has 3 aliphatic rings. The summed E-state index contributed by atoms with van der Waals surface area (Å²) < 4.78 is 57.2. The van der Waals surface area contributed by atoms with Gasteiger partial charge in [0.1, 0.15) is 6.17 Å². The Hall–Kier alpha value is -2.94. The number of allylic oxidation sites excluding steroid dienone is 1. The van der Waals surface area contributed by atoms with Crippen molar-refractivity contribution >= 4 is 34.0 Å². The molecule has 1 aromatic carbocycles. The third kappa shape index (κ3) is 6.80. The molecule has 5 nitrogen and oxygen atoms in total. The number of fused-ring (bicyclic) bond motifs is 1. The number of rotatable bonds is 9. The molecule has 2 heterocycles. The number of nitrogens with zero attached hydrogens (tertiary/aromatic N) is 2. The molecule has 1 saturated heterocycles. The lowest BCUT2D eigenvalue weighted by Crippen LogP contribution is -2.36. The van der Waals surface area contributed by atoms with Crippen molar-refractivity contribution in [1.82, 2.24) is 15.2 Å². The van der Waals surface area contributed by atoms with E-state index in [2.05, 4.69) is 27.1 Å². The largest absolute Gasteiger partial charge is 0.417 e. The number of nitrogens with one attached hydrogen (secondary N) is 2. The van der Waals surface area contributed by atoms with Gasteiger partial charge in [-0.25, -0.2) is 9.37 Å². The summed E-state index contributed by atoms with van der Waals surface area (Å²) in [5.41, 5.74) is -0.410. The Balaban J connectivity index is 1.45. The molecule has 39 heavy (non-hydrogen) atoms. The third-order valence-corrected chi connectivity index (χ3v) is 8.03. The van der Waals surface area contributed by atoms with Crippen molar-refractivity contribution in [2.45, 2.75) is 56.9 Å². The summed E-state index contributed by atoms with van der Waals surface area (Å²) in [7, 11) is 2.01. The summed E-state index contributed by atoms with van der Waals surface area (Å²) in [6.07, 6.45) is 3.11. The van der Waals surface area contributed by atoms with E-state index in [1.54, 1.807) is 36.4 Å². The van der Waals surface area contributed by atoms with E-state index in [1.165, 1.54) is 0 Å². The molecule has 2 aliphatic carbocycles. The predicted octanol–water partition coefficient (Wildman–Crippen LogP) is 6.22. The van der Waals surface area contributed by atoms with Crippen molar-refractivity contribution in [1.29, 1.82) is 0 Å². The standard InChI is InChI=1S/C30H36F4N4O/c1-18(30(32,33)34)28-23-6-3-7-25(24(23)16-22(36-28)5-4-13-35-29(39)20-10-11-20)37-26-12-14-38(2)17-21(27(26)31)15-19-8-9-19/h3-7,16,19-21,26-27,37H,1,8-15,17H2,2H3,(H,35,39)/b5-4+/t21-,26-,27+/m1/s1. The zero-order valence-electron chi connectivity index (χ0n) is 22.2. The molecular formula is C30H36F4N4O. The van der Waals surface area contributed by atoms with Gasteiger partial charge in [-0.05, 0) is 63.4 Å². The molecule has 2 aromatic rings. The number of alkyl halides is 4. The smallest absolute Gasteiger partial charge is 0.379 e. The quantitative estimate of drug-likeness (QED) is 0.368. The van der Waals surface area contributed by atoms with Crippen LogP contribution in [0.1, 0.15) is 49.9 Å². The molecule has 0 bridgehead atoms. The highest BCUT2D eigenvalue weighted by atomic mass is 19.4. The maximum Gasteiger partial charge on any atom is 0.417 e. The van der Waals surface area contributed by atoms with Gasteiger partial charge in [-0.1, -0.05) is 37.6 Å². The van der Waals surface area contributed by atoms with Gasteiger partial charge in [-0.3, -0.25) is 4.79 Å². The highest BCUT2D eigenvalue weighted by molar-refractivity contribution is 6.00. The molecule has 1 aromatic heterocycles. The van der Waals surface area contributed by atoms with Gasteiger partial charge in [0.25, 0.3) is 0 Å². The fourth-order valence-electron chi connectivity index (χ4n) is 5.48. The van der Waals surface area contributed by atoms with Crippen molar-refractivity contribution in [3.05, 3.63) is 48.3 Å². The van der Waals surface area contributed by atoms with Crippen LogP contribution in [0.15, 0.2) is 36.9 Å². The molecule has 0 spiro atoms. The van der Waals surface area contributed by atoms with Gasteiger partial charge in [0.05, 0.1) is 23.0 Å². The monoisotopic (exact) mass is 544 g/mol. The molecule has 3 fully saturated rings. The predicted molar refractivity (Wildman–Crippen MR) is 147 cm³/mol. The lowest BCUT2D eigenvalue weighted by molar-refractivity contribution is -0.122.